The molecule has 0 bridgehead atoms. The summed E-state index contributed by atoms with van der Waals surface area (Å²) in [5.74, 6) is 5.29. The number of carbonyl (C=O) groups excluding carboxylic acids is 1. The fourth-order valence-electron chi connectivity index (χ4n) is 4.83. The Morgan fingerprint density at radius 1 is 1.26 bits per heavy atom. The van der Waals surface area contributed by atoms with E-state index in [1.54, 1.807) is 48.7 Å². The van der Waals surface area contributed by atoms with Crippen molar-refractivity contribution in [1.82, 2.24) is 9.97 Å². The number of nitrogens with one attached hydrogen (secondary N) is 2. The molecule has 0 radical (unpaired) electrons. The number of nitrogens with zero attached hydrogens (tertiary/aromatic N) is 5. The van der Waals surface area contributed by atoms with Crippen LogP contribution in [-0.4, -0.2) is 47.8 Å². The summed E-state index contributed by atoms with van der Waals surface area (Å²) in [7, 11) is 1.52. The summed E-state index contributed by atoms with van der Waals surface area (Å²) in [5, 5.41) is 34.9. The summed E-state index contributed by atoms with van der Waals surface area (Å²) in [6.07, 6.45) is 4.27. The number of aliphatic imine (C=N–C) groups is 1. The predicted molar refractivity (Wildman–Crippen MR) is 155 cm³/mol. The van der Waals surface area contributed by atoms with Crippen LogP contribution in [0.25, 0.3) is 22.4 Å². The van der Waals surface area contributed by atoms with Gasteiger partial charge in [-0.3, -0.25) is 5.32 Å². The summed E-state index contributed by atoms with van der Waals surface area (Å²) in [6, 6.07) is 13.9. The third-order valence-electron chi connectivity index (χ3n) is 6.77. The van der Waals surface area contributed by atoms with Crippen molar-refractivity contribution in [3.8, 4) is 22.4 Å². The summed E-state index contributed by atoms with van der Waals surface area (Å²) < 4.78 is 10.5. The van der Waals surface area contributed by atoms with Crippen LogP contribution in [0.3, 0.4) is 0 Å². The van der Waals surface area contributed by atoms with Crippen LogP contribution in [0.2, 0.25) is 5.02 Å². The predicted octanol–water partition coefficient (Wildman–Crippen LogP) is 4.39. The van der Waals surface area contributed by atoms with E-state index in [4.69, 9.17) is 26.9 Å². The molecule has 42 heavy (non-hydrogen) atoms. The van der Waals surface area contributed by atoms with Crippen molar-refractivity contribution in [1.29, 1.82) is 0 Å². The first kappa shape index (κ1) is 28.7. The van der Waals surface area contributed by atoms with Gasteiger partial charge in [-0.2, -0.15) is 4.73 Å². The number of H-pyrrole nitrogens is 1. The summed E-state index contributed by atoms with van der Waals surface area (Å²) in [6.45, 7) is 0.452. The van der Waals surface area contributed by atoms with Crippen LogP contribution < -0.4 is 15.9 Å². The number of amides is 1. The number of halogens is 1. The number of carbonyl (C=O) groups is 1. The van der Waals surface area contributed by atoms with Crippen molar-refractivity contribution in [3.63, 3.8) is 0 Å². The van der Waals surface area contributed by atoms with Gasteiger partial charge in [0, 0.05) is 34.5 Å². The first-order valence-electron chi connectivity index (χ1n) is 12.8. The molecule has 0 saturated heterocycles. The maximum Gasteiger partial charge on any atom is 0.411 e. The first-order valence-corrected chi connectivity index (χ1v) is 13.2. The molecule has 1 aliphatic rings. The highest BCUT2D eigenvalue weighted by atomic mass is 35.5. The number of methoxy groups -OCH3 is 1. The molecular formula is C28H27ClN8O5. The second kappa shape index (κ2) is 12.3. The molecule has 0 fully saturated rings. The number of benzene rings is 2. The van der Waals surface area contributed by atoms with E-state index in [0.717, 1.165) is 5.56 Å². The van der Waals surface area contributed by atoms with Gasteiger partial charge in [-0.15, -0.1) is 5.11 Å². The zero-order valence-corrected chi connectivity index (χ0v) is 23.2. The topological polar surface area (TPSA) is 187 Å². The minimum Gasteiger partial charge on any atom is -0.618 e. The molecule has 0 spiro atoms. The minimum atomic E-state index is -1.63. The number of imidazole rings is 1. The molecule has 14 heteroatoms. The van der Waals surface area contributed by atoms with E-state index >= 15 is 0 Å². The van der Waals surface area contributed by atoms with Gasteiger partial charge in [0.15, 0.2) is 6.20 Å². The second-order valence-electron chi connectivity index (χ2n) is 9.40. The van der Waals surface area contributed by atoms with Crippen molar-refractivity contribution in [2.75, 3.05) is 25.6 Å². The lowest BCUT2D eigenvalue weighted by atomic mass is 9.98. The summed E-state index contributed by atoms with van der Waals surface area (Å²) in [5.41, 5.74) is 2.88. The molecule has 0 aliphatic heterocycles. The van der Waals surface area contributed by atoms with E-state index in [1.807, 2.05) is 6.07 Å². The molecule has 216 valence electrons. The number of ether oxygens (including phenoxy) is 2. The fraction of sp³-hybridized carbons (Fsp3) is 0.214. The van der Waals surface area contributed by atoms with E-state index in [1.165, 1.54) is 19.6 Å². The van der Waals surface area contributed by atoms with Gasteiger partial charge in [-0.25, -0.2) is 14.8 Å². The van der Waals surface area contributed by atoms with E-state index in [-0.39, 0.29) is 24.5 Å². The van der Waals surface area contributed by atoms with Crippen molar-refractivity contribution >= 4 is 35.4 Å². The van der Waals surface area contributed by atoms with E-state index < -0.39 is 11.7 Å². The number of aryl methyl sites for hydroxylation is 1. The maximum atomic E-state index is 13.4. The number of anilines is 1. The van der Waals surface area contributed by atoms with E-state index in [9.17, 15) is 15.1 Å². The molecule has 13 nitrogen and oxygen atoms in total. The smallest absolute Gasteiger partial charge is 0.411 e. The lowest BCUT2D eigenvalue weighted by Gasteiger charge is -2.20. The molecule has 4 aromatic rings. The molecule has 0 saturated carbocycles. The van der Waals surface area contributed by atoms with Crippen molar-refractivity contribution in [2.24, 2.45) is 21.2 Å². The van der Waals surface area contributed by atoms with Gasteiger partial charge in [0.1, 0.15) is 18.8 Å². The Labute approximate surface area is 245 Å². The monoisotopic (exact) mass is 590 g/mol. The van der Waals surface area contributed by atoms with Crippen LogP contribution in [0.5, 0.6) is 0 Å². The largest absolute Gasteiger partial charge is 0.618 e. The highest BCUT2D eigenvalue weighted by molar-refractivity contribution is 6.31. The normalized spacial score (nSPS) is 16.3. The van der Waals surface area contributed by atoms with Gasteiger partial charge in [0.05, 0.1) is 24.2 Å². The SMILES string of the molecule is COCCOC(=O)Nc1ccc(-c2cnc(C3(O)CCc4cc(-c5cc(Cl)ccc5N=CN=NN)c[n+]([O-])c43)[nH]2)cc1. The van der Waals surface area contributed by atoms with Crippen LogP contribution in [0, 0.1) is 5.21 Å². The van der Waals surface area contributed by atoms with Gasteiger partial charge in [0.2, 0.25) is 11.3 Å². The van der Waals surface area contributed by atoms with E-state index in [2.05, 4.69) is 30.6 Å². The quantitative estimate of drug-likeness (QED) is 0.0325. The number of fused-ring (bicyclic) bond motifs is 1. The Hall–Kier alpha value is -4.85. The van der Waals surface area contributed by atoms with Crippen molar-refractivity contribution in [3.05, 3.63) is 88.2 Å². The molecule has 1 amide bonds. The van der Waals surface area contributed by atoms with Crippen LogP contribution in [-0.2, 0) is 21.5 Å². The maximum absolute atomic E-state index is 13.4. The molecular weight excluding hydrogens is 564 g/mol. The Balaban J connectivity index is 1.39. The number of aliphatic hydroxyl groups is 1. The molecule has 1 atom stereocenters. The molecule has 2 aromatic heterocycles. The number of nitrogens with two attached hydrogens (primary N) is 1. The number of aromatic amines is 1. The number of rotatable bonds is 9. The molecule has 2 aromatic carbocycles. The molecule has 1 aliphatic carbocycles. The van der Waals surface area contributed by atoms with Crippen LogP contribution >= 0.6 is 11.6 Å². The van der Waals surface area contributed by atoms with Gasteiger partial charge in [0.25, 0.3) is 0 Å². The van der Waals surface area contributed by atoms with Crippen LogP contribution in [0.15, 0.2) is 76.3 Å². The average Bonchev–Trinajstić information content (AvgIpc) is 3.61. The van der Waals surface area contributed by atoms with Crippen molar-refractivity contribution in [2.45, 2.75) is 18.4 Å². The fourth-order valence-corrected chi connectivity index (χ4v) is 5.00. The Morgan fingerprint density at radius 3 is 2.83 bits per heavy atom. The van der Waals surface area contributed by atoms with Gasteiger partial charge >= 0.3 is 6.09 Å². The Bertz CT molecular complexity index is 1660. The number of pyridine rings is 1. The highest BCUT2D eigenvalue weighted by Gasteiger charge is 2.48. The highest BCUT2D eigenvalue weighted by Crippen LogP contribution is 2.42. The molecule has 2 heterocycles. The molecule has 5 N–H and O–H groups in total. The Morgan fingerprint density at radius 2 is 2.07 bits per heavy atom. The Kier molecular flexibility index (Phi) is 8.43. The number of hydrogen-bond acceptors (Lipinski definition) is 8. The van der Waals surface area contributed by atoms with Crippen LogP contribution in [0.4, 0.5) is 16.2 Å². The second-order valence-corrected chi connectivity index (χ2v) is 9.84. The zero-order chi connectivity index (χ0) is 29.7. The number of hydrogen-bond donors (Lipinski definition) is 4. The van der Waals surface area contributed by atoms with Gasteiger partial charge < -0.3 is 30.6 Å². The minimum absolute atomic E-state index is 0.146. The lowest BCUT2D eigenvalue weighted by molar-refractivity contribution is -0.620. The molecule has 5 rings (SSSR count). The van der Waals surface area contributed by atoms with E-state index in [0.29, 0.717) is 56.5 Å². The molecule has 1 unspecified atom stereocenters. The van der Waals surface area contributed by atoms with Gasteiger partial charge in [-0.05, 0) is 54.8 Å². The third kappa shape index (κ3) is 5.93. The zero-order valence-electron chi connectivity index (χ0n) is 22.5. The number of aromatic nitrogens is 3. The first-order chi connectivity index (χ1) is 20.3. The third-order valence-corrected chi connectivity index (χ3v) is 7.01. The van der Waals surface area contributed by atoms with Crippen molar-refractivity contribution < 1.29 is 24.1 Å². The summed E-state index contributed by atoms with van der Waals surface area (Å²) >= 11 is 6.24. The standard InChI is InChI=1S/C28H27ClN8O5/c1-41-10-11-42-27(38)34-21-5-2-17(3-6-21)24-14-31-26(35-24)28(39)9-8-18-12-19(15-37(40)25(18)28)22-13-20(29)4-7-23(22)32-16-33-36-30/h2-7,12-16,39H,8-11H2,1H3,(H,31,35)(H,34,38)(H2,30,32,33). The van der Waals surface area contributed by atoms with Crippen LogP contribution in [0.1, 0.15) is 23.5 Å². The van der Waals surface area contributed by atoms with Gasteiger partial charge in [-0.1, -0.05) is 29.0 Å². The lowest BCUT2D eigenvalue weighted by Crippen LogP contribution is -2.42. The summed E-state index contributed by atoms with van der Waals surface area (Å²) in [4.78, 5) is 23.7. The average molecular weight is 591 g/mol.